The first-order valence-electron chi connectivity index (χ1n) is 8.37. The smallest absolute Gasteiger partial charge is 0.333 e. The standard InChI is InChI=1S/C20H19N3O2/c1-2-25-19(24)20(12-22)17(13-7-4-3-5-8-13)15-10-6-9-14(15)16(11-21)18(20)23/h3-5,7-8,17H,2,6,9-10,23H2,1H3/t17-,20-/m1/s1. The van der Waals surface area contributed by atoms with Crippen LogP contribution in [0.25, 0.3) is 0 Å². The van der Waals surface area contributed by atoms with E-state index in [2.05, 4.69) is 12.1 Å². The second-order valence-corrected chi connectivity index (χ2v) is 6.24. The van der Waals surface area contributed by atoms with Crippen LogP contribution in [0.15, 0.2) is 52.7 Å². The lowest BCUT2D eigenvalue weighted by Gasteiger charge is -2.38. The molecule has 0 bridgehead atoms. The second kappa shape index (κ2) is 6.45. The highest BCUT2D eigenvalue weighted by Crippen LogP contribution is 2.55. The molecule has 2 N–H and O–H groups in total. The van der Waals surface area contributed by atoms with Crippen LogP contribution in [0.1, 0.15) is 37.7 Å². The molecule has 25 heavy (non-hydrogen) atoms. The summed E-state index contributed by atoms with van der Waals surface area (Å²) in [6, 6.07) is 13.7. The summed E-state index contributed by atoms with van der Waals surface area (Å²) in [6.07, 6.45) is 2.37. The van der Waals surface area contributed by atoms with E-state index in [0.717, 1.165) is 36.0 Å². The van der Waals surface area contributed by atoms with E-state index < -0.39 is 17.3 Å². The van der Waals surface area contributed by atoms with Crippen LogP contribution < -0.4 is 5.73 Å². The molecule has 2 aliphatic rings. The number of nitrogens with zero attached hydrogens (tertiary/aromatic N) is 2. The number of benzene rings is 1. The molecule has 5 nitrogen and oxygen atoms in total. The lowest BCUT2D eigenvalue weighted by molar-refractivity contribution is -0.151. The number of carbonyl (C=O) groups excluding carboxylic acids is 1. The third-order valence-corrected chi connectivity index (χ3v) is 5.06. The number of allylic oxidation sites excluding steroid dienone is 3. The molecular weight excluding hydrogens is 314 g/mol. The van der Waals surface area contributed by atoms with Crippen molar-refractivity contribution in [2.75, 3.05) is 6.61 Å². The predicted molar refractivity (Wildman–Crippen MR) is 91.6 cm³/mol. The van der Waals surface area contributed by atoms with Crippen LogP contribution >= 0.6 is 0 Å². The average Bonchev–Trinajstić information content (AvgIpc) is 3.10. The summed E-state index contributed by atoms with van der Waals surface area (Å²) in [5.41, 5.74) is 7.58. The van der Waals surface area contributed by atoms with Gasteiger partial charge in [-0.15, -0.1) is 0 Å². The SMILES string of the molecule is CCOC(=O)[C@@]1(C#N)C(N)=C(C#N)C2=C(CCC2)[C@H]1c1ccccc1. The first-order chi connectivity index (χ1) is 12.1. The molecule has 0 heterocycles. The number of hydrogen-bond acceptors (Lipinski definition) is 5. The van der Waals surface area contributed by atoms with E-state index in [4.69, 9.17) is 10.5 Å². The molecule has 2 atom stereocenters. The Balaban J connectivity index is 2.32. The lowest BCUT2D eigenvalue weighted by atomic mass is 9.62. The molecule has 0 amide bonds. The quantitative estimate of drug-likeness (QED) is 0.857. The molecule has 0 fully saturated rings. The van der Waals surface area contributed by atoms with E-state index >= 15 is 0 Å². The molecule has 1 aromatic carbocycles. The van der Waals surface area contributed by atoms with Gasteiger partial charge in [-0.1, -0.05) is 35.9 Å². The fourth-order valence-corrected chi connectivity index (χ4v) is 4.02. The molecule has 5 heteroatoms. The van der Waals surface area contributed by atoms with Gasteiger partial charge in [0, 0.05) is 5.92 Å². The molecule has 1 aromatic rings. The molecule has 3 rings (SSSR count). The molecule has 0 unspecified atom stereocenters. The van der Waals surface area contributed by atoms with Crippen LogP contribution in [0, 0.1) is 28.1 Å². The van der Waals surface area contributed by atoms with Crippen LogP contribution in [-0.2, 0) is 9.53 Å². The molecule has 0 saturated carbocycles. The first-order valence-corrected chi connectivity index (χ1v) is 8.37. The van der Waals surface area contributed by atoms with Crippen LogP contribution in [0.5, 0.6) is 0 Å². The maximum absolute atomic E-state index is 12.9. The van der Waals surface area contributed by atoms with Crippen LogP contribution in [0.2, 0.25) is 0 Å². The molecule has 126 valence electrons. The number of carbonyl (C=O) groups is 1. The normalized spacial score (nSPS) is 25.2. The Kier molecular flexibility index (Phi) is 4.33. The minimum absolute atomic E-state index is 0.0189. The van der Waals surface area contributed by atoms with E-state index in [1.165, 1.54) is 0 Å². The third kappa shape index (κ3) is 2.32. The van der Waals surface area contributed by atoms with E-state index in [9.17, 15) is 15.3 Å². The minimum Gasteiger partial charge on any atom is -0.464 e. The molecule has 0 spiro atoms. The zero-order valence-electron chi connectivity index (χ0n) is 14.1. The average molecular weight is 333 g/mol. The molecule has 0 radical (unpaired) electrons. The second-order valence-electron chi connectivity index (χ2n) is 6.24. The van der Waals surface area contributed by atoms with Gasteiger partial charge in [0.1, 0.15) is 6.07 Å². The highest BCUT2D eigenvalue weighted by molar-refractivity contribution is 5.88. The van der Waals surface area contributed by atoms with Gasteiger partial charge in [-0.25, -0.2) is 4.79 Å². The third-order valence-electron chi connectivity index (χ3n) is 5.06. The van der Waals surface area contributed by atoms with Gasteiger partial charge < -0.3 is 10.5 Å². The monoisotopic (exact) mass is 333 g/mol. The zero-order chi connectivity index (χ0) is 18.0. The van der Waals surface area contributed by atoms with Crippen molar-refractivity contribution in [1.29, 1.82) is 10.5 Å². The summed E-state index contributed by atoms with van der Waals surface area (Å²) in [5.74, 6) is -1.21. The van der Waals surface area contributed by atoms with E-state index in [1.54, 1.807) is 6.92 Å². The van der Waals surface area contributed by atoms with Crippen LogP contribution in [0.4, 0.5) is 0 Å². The van der Waals surface area contributed by atoms with Gasteiger partial charge in [-0.2, -0.15) is 10.5 Å². The Bertz CT molecular complexity index is 855. The zero-order valence-corrected chi connectivity index (χ0v) is 14.1. The fourth-order valence-electron chi connectivity index (χ4n) is 4.02. The van der Waals surface area contributed by atoms with Crippen molar-refractivity contribution in [3.8, 4) is 12.1 Å². The van der Waals surface area contributed by atoms with Crippen molar-refractivity contribution in [2.45, 2.75) is 32.1 Å². The number of hydrogen-bond donors (Lipinski definition) is 1. The summed E-state index contributed by atoms with van der Waals surface area (Å²) >= 11 is 0. The van der Waals surface area contributed by atoms with Gasteiger partial charge in [0.2, 0.25) is 5.41 Å². The van der Waals surface area contributed by atoms with Crippen molar-refractivity contribution in [3.05, 3.63) is 58.3 Å². The summed E-state index contributed by atoms with van der Waals surface area (Å²) in [4.78, 5) is 12.9. The number of ether oxygens (including phenoxy) is 1. The Hall–Kier alpha value is -3.05. The Morgan fingerprint density at radius 2 is 2.04 bits per heavy atom. The predicted octanol–water partition coefficient (Wildman–Crippen LogP) is 3.07. The van der Waals surface area contributed by atoms with Crippen molar-refractivity contribution in [1.82, 2.24) is 0 Å². The van der Waals surface area contributed by atoms with Gasteiger partial charge in [0.15, 0.2) is 0 Å². The van der Waals surface area contributed by atoms with Crippen molar-refractivity contribution in [3.63, 3.8) is 0 Å². The highest BCUT2D eigenvalue weighted by atomic mass is 16.5. The molecule has 0 aromatic heterocycles. The van der Waals surface area contributed by atoms with Crippen molar-refractivity contribution < 1.29 is 9.53 Å². The first kappa shape index (κ1) is 16.8. The van der Waals surface area contributed by atoms with Gasteiger partial charge >= 0.3 is 5.97 Å². The minimum atomic E-state index is -1.70. The Morgan fingerprint density at radius 1 is 1.32 bits per heavy atom. The largest absolute Gasteiger partial charge is 0.464 e. The highest BCUT2D eigenvalue weighted by Gasteiger charge is 2.57. The van der Waals surface area contributed by atoms with Crippen LogP contribution in [0.3, 0.4) is 0 Å². The van der Waals surface area contributed by atoms with E-state index in [1.807, 2.05) is 30.3 Å². The van der Waals surface area contributed by atoms with E-state index in [0.29, 0.717) is 0 Å². The molecular formula is C20H19N3O2. The van der Waals surface area contributed by atoms with Gasteiger partial charge in [0.25, 0.3) is 0 Å². The van der Waals surface area contributed by atoms with Crippen LogP contribution in [-0.4, -0.2) is 12.6 Å². The molecule has 0 saturated heterocycles. The van der Waals surface area contributed by atoms with Gasteiger partial charge in [0.05, 0.1) is 23.9 Å². The molecule has 2 aliphatic carbocycles. The van der Waals surface area contributed by atoms with Gasteiger partial charge in [-0.3, -0.25) is 0 Å². The lowest BCUT2D eigenvalue weighted by Crippen LogP contribution is -2.45. The Morgan fingerprint density at radius 3 is 2.64 bits per heavy atom. The van der Waals surface area contributed by atoms with Crippen molar-refractivity contribution in [2.24, 2.45) is 11.1 Å². The maximum atomic E-state index is 12.9. The Labute approximate surface area is 147 Å². The summed E-state index contributed by atoms with van der Waals surface area (Å²) in [7, 11) is 0. The number of nitriles is 2. The molecule has 0 aliphatic heterocycles. The van der Waals surface area contributed by atoms with E-state index in [-0.39, 0.29) is 17.9 Å². The topological polar surface area (TPSA) is 99.9 Å². The number of nitrogens with two attached hydrogens (primary N) is 1. The summed E-state index contributed by atoms with van der Waals surface area (Å²) in [6.45, 7) is 1.83. The van der Waals surface area contributed by atoms with Crippen molar-refractivity contribution >= 4 is 5.97 Å². The summed E-state index contributed by atoms with van der Waals surface area (Å²) < 4.78 is 5.23. The maximum Gasteiger partial charge on any atom is 0.333 e. The number of esters is 1. The fraction of sp³-hybridized carbons (Fsp3) is 0.350. The van der Waals surface area contributed by atoms with Gasteiger partial charge in [-0.05, 0) is 37.3 Å². The summed E-state index contributed by atoms with van der Waals surface area (Å²) in [5, 5.41) is 19.7. The number of rotatable bonds is 3.